The molecule has 34 heavy (non-hydrogen) atoms. The maximum absolute atomic E-state index is 13.5. The maximum Gasteiger partial charge on any atom is 0.241 e. The summed E-state index contributed by atoms with van der Waals surface area (Å²) >= 11 is 7.46. The number of aryl methyl sites for hydroxylation is 1. The molecule has 2 heterocycles. The summed E-state index contributed by atoms with van der Waals surface area (Å²) in [6.07, 6.45) is 4.42. The van der Waals surface area contributed by atoms with Gasteiger partial charge in [-0.25, -0.2) is 0 Å². The van der Waals surface area contributed by atoms with Crippen molar-refractivity contribution in [2.75, 3.05) is 30.4 Å². The fourth-order valence-corrected chi connectivity index (χ4v) is 5.65. The van der Waals surface area contributed by atoms with Crippen LogP contribution in [0.15, 0.2) is 48.5 Å². The molecule has 8 heteroatoms. The number of carbonyl (C=O) groups is 1. The Morgan fingerprint density at radius 3 is 2.74 bits per heavy atom. The van der Waals surface area contributed by atoms with Crippen molar-refractivity contribution in [2.45, 2.75) is 44.4 Å². The molecule has 0 saturated carbocycles. The molecule has 2 aromatic rings. The van der Waals surface area contributed by atoms with Crippen LogP contribution < -0.4 is 10.6 Å². The SMILES string of the molecule is CSCCC1NC2(CCN(C(=S)Nc3cccc(C)c3)CC2)N(Cc2ccccc2C#N)C1=O. The lowest BCUT2D eigenvalue weighted by molar-refractivity contribution is -0.134. The Bertz CT molecular complexity index is 1090. The number of anilines is 1. The van der Waals surface area contributed by atoms with E-state index in [2.05, 4.69) is 46.9 Å². The second kappa shape index (κ2) is 10.8. The van der Waals surface area contributed by atoms with E-state index in [0.29, 0.717) is 17.2 Å². The highest BCUT2D eigenvalue weighted by Gasteiger charge is 2.51. The number of nitrogens with zero attached hydrogens (tertiary/aromatic N) is 3. The van der Waals surface area contributed by atoms with Crippen molar-refractivity contribution >= 4 is 40.7 Å². The van der Waals surface area contributed by atoms with Gasteiger partial charge in [0.05, 0.1) is 23.3 Å². The van der Waals surface area contributed by atoms with Gasteiger partial charge in [-0.1, -0.05) is 30.3 Å². The fourth-order valence-electron chi connectivity index (χ4n) is 4.88. The van der Waals surface area contributed by atoms with E-state index in [1.165, 1.54) is 5.56 Å². The molecule has 1 spiro atoms. The average Bonchev–Trinajstić information content (AvgIpc) is 3.09. The molecule has 2 fully saturated rings. The Balaban J connectivity index is 1.50. The van der Waals surface area contributed by atoms with Crippen LogP contribution in [0.3, 0.4) is 0 Å². The number of likely N-dealkylation sites (tertiary alicyclic amines) is 1. The zero-order chi connectivity index (χ0) is 24.1. The zero-order valence-electron chi connectivity index (χ0n) is 19.7. The summed E-state index contributed by atoms with van der Waals surface area (Å²) in [7, 11) is 0. The van der Waals surface area contributed by atoms with Gasteiger partial charge in [0, 0.05) is 38.2 Å². The highest BCUT2D eigenvalue weighted by Crippen LogP contribution is 2.35. The molecular formula is C26H31N5OS2. The fraction of sp³-hybridized carbons (Fsp3) is 0.423. The van der Waals surface area contributed by atoms with Gasteiger partial charge >= 0.3 is 0 Å². The molecule has 6 nitrogen and oxygen atoms in total. The number of thiocarbonyl (C=S) groups is 1. The smallest absolute Gasteiger partial charge is 0.241 e. The first kappa shape index (κ1) is 24.5. The van der Waals surface area contributed by atoms with E-state index >= 15 is 0 Å². The quantitative estimate of drug-likeness (QED) is 0.587. The van der Waals surface area contributed by atoms with Crippen LogP contribution in [0.25, 0.3) is 0 Å². The molecule has 0 aromatic heterocycles. The number of piperidine rings is 1. The van der Waals surface area contributed by atoms with Gasteiger partial charge in [0.1, 0.15) is 0 Å². The van der Waals surface area contributed by atoms with Crippen LogP contribution in [-0.2, 0) is 11.3 Å². The molecule has 2 aromatic carbocycles. The van der Waals surface area contributed by atoms with Gasteiger partial charge in [-0.15, -0.1) is 0 Å². The summed E-state index contributed by atoms with van der Waals surface area (Å²) in [6.45, 7) is 4.01. The van der Waals surface area contributed by atoms with Gasteiger partial charge in [0.2, 0.25) is 5.91 Å². The molecular weight excluding hydrogens is 462 g/mol. The van der Waals surface area contributed by atoms with Crippen molar-refractivity contribution in [3.8, 4) is 6.07 Å². The average molecular weight is 494 g/mol. The van der Waals surface area contributed by atoms with Gasteiger partial charge in [0.15, 0.2) is 5.11 Å². The Hall–Kier alpha value is -2.60. The van der Waals surface area contributed by atoms with Crippen LogP contribution in [0.4, 0.5) is 5.69 Å². The Labute approximate surface area is 211 Å². The second-order valence-electron chi connectivity index (χ2n) is 8.99. The van der Waals surface area contributed by atoms with Crippen LogP contribution in [0.1, 0.15) is 36.0 Å². The highest BCUT2D eigenvalue weighted by atomic mass is 32.2. The first-order valence-electron chi connectivity index (χ1n) is 11.6. The highest BCUT2D eigenvalue weighted by molar-refractivity contribution is 7.98. The standard InChI is InChI=1S/C26H31N5OS2/c1-19-6-5-9-22(16-19)28-25(33)30-13-11-26(12-14-30)29-23(10-15-34-2)24(32)31(26)18-21-8-4-3-7-20(21)17-27/h3-9,16,23,29H,10-15,18H2,1-2H3,(H,28,33). The second-order valence-corrected chi connectivity index (χ2v) is 10.4. The Morgan fingerprint density at radius 1 is 1.26 bits per heavy atom. The molecule has 4 rings (SSSR count). The number of nitrogens with one attached hydrogen (secondary N) is 2. The van der Waals surface area contributed by atoms with E-state index in [-0.39, 0.29) is 11.9 Å². The normalized spacial score (nSPS) is 19.3. The van der Waals surface area contributed by atoms with Gasteiger partial charge in [-0.2, -0.15) is 17.0 Å². The molecule has 0 radical (unpaired) electrons. The minimum Gasteiger partial charge on any atom is -0.349 e. The number of hydrogen-bond acceptors (Lipinski definition) is 5. The molecule has 0 bridgehead atoms. The number of hydrogen-bond donors (Lipinski definition) is 2. The molecule has 2 aliphatic heterocycles. The van der Waals surface area contributed by atoms with Crippen LogP contribution >= 0.6 is 24.0 Å². The van der Waals surface area contributed by atoms with Crippen LogP contribution in [-0.4, -0.2) is 57.6 Å². The van der Waals surface area contributed by atoms with Crippen molar-refractivity contribution in [1.29, 1.82) is 5.26 Å². The van der Waals surface area contributed by atoms with Crippen molar-refractivity contribution < 1.29 is 4.79 Å². The molecule has 178 valence electrons. The molecule has 1 unspecified atom stereocenters. The Kier molecular flexibility index (Phi) is 7.77. The van der Waals surface area contributed by atoms with Crippen LogP contribution in [0, 0.1) is 18.3 Å². The van der Waals surface area contributed by atoms with Gasteiger partial charge in [-0.3, -0.25) is 10.1 Å². The van der Waals surface area contributed by atoms with Gasteiger partial charge < -0.3 is 15.1 Å². The lowest BCUT2D eigenvalue weighted by atomic mass is 9.95. The summed E-state index contributed by atoms with van der Waals surface area (Å²) in [6, 6.07) is 17.8. The predicted molar refractivity (Wildman–Crippen MR) is 143 cm³/mol. The van der Waals surface area contributed by atoms with Crippen molar-refractivity contribution in [3.05, 3.63) is 65.2 Å². The number of rotatable bonds is 6. The lowest BCUT2D eigenvalue weighted by Crippen LogP contribution is -2.59. The van der Waals surface area contributed by atoms with Crippen molar-refractivity contribution in [1.82, 2.24) is 15.1 Å². The first-order chi connectivity index (χ1) is 16.5. The summed E-state index contributed by atoms with van der Waals surface area (Å²) in [5.41, 5.74) is 3.27. The molecule has 2 aliphatic rings. The Morgan fingerprint density at radius 2 is 2.03 bits per heavy atom. The number of nitriles is 1. The van der Waals surface area contributed by atoms with E-state index < -0.39 is 5.66 Å². The largest absolute Gasteiger partial charge is 0.349 e. The maximum atomic E-state index is 13.5. The molecule has 2 saturated heterocycles. The predicted octanol–water partition coefficient (Wildman–Crippen LogP) is 4.11. The monoisotopic (exact) mass is 493 g/mol. The summed E-state index contributed by atoms with van der Waals surface area (Å²) in [5.74, 6) is 1.06. The zero-order valence-corrected chi connectivity index (χ0v) is 21.3. The summed E-state index contributed by atoms with van der Waals surface area (Å²) in [4.78, 5) is 17.7. The van der Waals surface area contributed by atoms with E-state index in [0.717, 1.165) is 49.4 Å². The number of carbonyl (C=O) groups excluding carboxylic acids is 1. The lowest BCUT2D eigenvalue weighted by Gasteiger charge is -2.45. The third-order valence-electron chi connectivity index (χ3n) is 6.75. The van der Waals surface area contributed by atoms with Gasteiger partial charge in [0.25, 0.3) is 0 Å². The molecule has 1 atom stereocenters. The summed E-state index contributed by atoms with van der Waals surface area (Å²) < 4.78 is 0. The number of amides is 1. The topological polar surface area (TPSA) is 71.4 Å². The van der Waals surface area contributed by atoms with Gasteiger partial charge in [-0.05, 0) is 66.9 Å². The molecule has 0 aliphatic carbocycles. The van der Waals surface area contributed by atoms with Crippen LogP contribution in [0.5, 0.6) is 0 Å². The minimum atomic E-state index is -0.418. The number of benzene rings is 2. The molecule has 2 N–H and O–H groups in total. The minimum absolute atomic E-state index is 0.135. The molecule has 1 amide bonds. The van der Waals surface area contributed by atoms with E-state index in [1.54, 1.807) is 11.8 Å². The van der Waals surface area contributed by atoms with E-state index in [9.17, 15) is 10.1 Å². The first-order valence-corrected chi connectivity index (χ1v) is 13.4. The van der Waals surface area contributed by atoms with Crippen molar-refractivity contribution in [2.24, 2.45) is 0 Å². The third-order valence-corrected chi connectivity index (χ3v) is 7.75. The number of thioether (sulfide) groups is 1. The van der Waals surface area contributed by atoms with Crippen molar-refractivity contribution in [3.63, 3.8) is 0 Å². The van der Waals surface area contributed by atoms with E-state index in [1.807, 2.05) is 41.3 Å². The van der Waals surface area contributed by atoms with Crippen LogP contribution in [0.2, 0.25) is 0 Å². The summed E-state index contributed by atoms with van der Waals surface area (Å²) in [5, 5.41) is 17.3. The van der Waals surface area contributed by atoms with E-state index in [4.69, 9.17) is 12.2 Å². The third kappa shape index (κ3) is 5.22.